The van der Waals surface area contributed by atoms with Crippen molar-refractivity contribution < 1.29 is 0 Å². The van der Waals surface area contributed by atoms with Crippen molar-refractivity contribution in [3.8, 4) is 0 Å². The lowest BCUT2D eigenvalue weighted by atomic mass is 9.78. The molecule has 0 amide bonds. The van der Waals surface area contributed by atoms with E-state index in [1.165, 1.54) is 25.7 Å². The van der Waals surface area contributed by atoms with Crippen molar-refractivity contribution in [2.45, 2.75) is 52.4 Å². The van der Waals surface area contributed by atoms with Crippen molar-refractivity contribution in [2.24, 2.45) is 17.3 Å². The lowest BCUT2D eigenvalue weighted by Crippen LogP contribution is -2.15. The maximum Gasteiger partial charge on any atom is -0.0238 e. The van der Waals surface area contributed by atoms with E-state index in [1.54, 1.807) is 12.8 Å². The Kier molecular flexibility index (Phi) is 1.74. The van der Waals surface area contributed by atoms with Gasteiger partial charge in [0.15, 0.2) is 0 Å². The first-order chi connectivity index (χ1) is 5.31. The van der Waals surface area contributed by atoms with Crippen LogP contribution >= 0.6 is 0 Å². The van der Waals surface area contributed by atoms with Gasteiger partial charge in [-0.15, -0.1) is 0 Å². The Morgan fingerprint density at radius 3 is 2.45 bits per heavy atom. The molecule has 0 N–H and O–H groups in total. The van der Waals surface area contributed by atoms with Crippen LogP contribution in [0, 0.1) is 17.3 Å². The standard InChI is InChI=1S/C11H20/c1-3-4-6-10-9(2)11(10)7-5-8-11/h9-10H,3-8H2,1-2H3. The fourth-order valence-electron chi connectivity index (χ4n) is 3.17. The van der Waals surface area contributed by atoms with E-state index in [2.05, 4.69) is 13.8 Å². The van der Waals surface area contributed by atoms with Crippen molar-refractivity contribution >= 4 is 0 Å². The van der Waals surface area contributed by atoms with Gasteiger partial charge in [0.1, 0.15) is 0 Å². The molecule has 0 radical (unpaired) electrons. The molecule has 2 unspecified atom stereocenters. The van der Waals surface area contributed by atoms with Gasteiger partial charge in [0.05, 0.1) is 0 Å². The van der Waals surface area contributed by atoms with Gasteiger partial charge in [-0.05, 0) is 36.5 Å². The summed E-state index contributed by atoms with van der Waals surface area (Å²) in [6, 6.07) is 0. The molecule has 1 spiro atoms. The van der Waals surface area contributed by atoms with Crippen LogP contribution in [0.5, 0.6) is 0 Å². The highest BCUT2D eigenvalue weighted by Crippen LogP contribution is 2.71. The van der Waals surface area contributed by atoms with Crippen molar-refractivity contribution in [3.63, 3.8) is 0 Å². The second-order valence-corrected chi connectivity index (χ2v) is 4.62. The van der Waals surface area contributed by atoms with Crippen molar-refractivity contribution in [1.29, 1.82) is 0 Å². The molecule has 2 aliphatic rings. The van der Waals surface area contributed by atoms with Gasteiger partial charge in [-0.2, -0.15) is 0 Å². The minimum absolute atomic E-state index is 0.898. The molecule has 0 heterocycles. The van der Waals surface area contributed by atoms with Crippen LogP contribution < -0.4 is 0 Å². The predicted molar refractivity (Wildman–Crippen MR) is 48.5 cm³/mol. The van der Waals surface area contributed by atoms with Crippen LogP contribution in [0.3, 0.4) is 0 Å². The number of rotatable bonds is 3. The van der Waals surface area contributed by atoms with Crippen molar-refractivity contribution in [3.05, 3.63) is 0 Å². The summed E-state index contributed by atoms with van der Waals surface area (Å²) < 4.78 is 0. The minimum atomic E-state index is 0.898. The SMILES string of the molecule is CCCCC1C(C)C12CCC2. The molecule has 2 atom stereocenters. The lowest BCUT2D eigenvalue weighted by Gasteiger charge is -2.27. The number of hydrogen-bond donors (Lipinski definition) is 0. The van der Waals surface area contributed by atoms with Gasteiger partial charge in [-0.25, -0.2) is 0 Å². The van der Waals surface area contributed by atoms with Crippen LogP contribution in [0.15, 0.2) is 0 Å². The second kappa shape index (κ2) is 2.50. The van der Waals surface area contributed by atoms with Crippen LogP contribution in [0.4, 0.5) is 0 Å². The Balaban J connectivity index is 1.80. The number of unbranched alkanes of at least 4 members (excludes halogenated alkanes) is 1. The molecule has 2 aliphatic carbocycles. The summed E-state index contributed by atoms with van der Waals surface area (Å²) in [5.74, 6) is 2.22. The first-order valence-electron chi connectivity index (χ1n) is 5.31. The molecule has 0 heteroatoms. The largest absolute Gasteiger partial charge is 0.0654 e. The van der Waals surface area contributed by atoms with E-state index in [-0.39, 0.29) is 0 Å². The summed E-state index contributed by atoms with van der Waals surface area (Å²) in [6.45, 7) is 4.78. The maximum atomic E-state index is 2.47. The highest BCUT2D eigenvalue weighted by molar-refractivity contribution is 5.12. The molecule has 0 aliphatic heterocycles. The molecular formula is C11H20. The Morgan fingerprint density at radius 2 is 2.09 bits per heavy atom. The smallest absolute Gasteiger partial charge is 0.0238 e. The molecule has 0 aromatic heterocycles. The van der Waals surface area contributed by atoms with Crippen LogP contribution in [0.1, 0.15) is 52.4 Å². The van der Waals surface area contributed by atoms with Gasteiger partial charge in [0.2, 0.25) is 0 Å². The third-order valence-corrected chi connectivity index (χ3v) is 4.29. The van der Waals surface area contributed by atoms with Crippen LogP contribution in [-0.4, -0.2) is 0 Å². The second-order valence-electron chi connectivity index (χ2n) is 4.62. The Labute approximate surface area is 70.4 Å². The molecule has 0 bridgehead atoms. The molecule has 0 saturated heterocycles. The van der Waals surface area contributed by atoms with Gasteiger partial charge in [-0.1, -0.05) is 33.1 Å². The molecule has 2 fully saturated rings. The van der Waals surface area contributed by atoms with Crippen molar-refractivity contribution in [2.75, 3.05) is 0 Å². The fraction of sp³-hybridized carbons (Fsp3) is 1.00. The van der Waals surface area contributed by atoms with E-state index >= 15 is 0 Å². The average molecular weight is 152 g/mol. The average Bonchev–Trinajstić information content (AvgIpc) is 2.51. The molecule has 64 valence electrons. The zero-order valence-corrected chi connectivity index (χ0v) is 7.90. The van der Waals surface area contributed by atoms with Crippen LogP contribution in [0.25, 0.3) is 0 Å². The maximum absolute atomic E-state index is 2.47. The molecule has 0 aromatic carbocycles. The highest BCUT2D eigenvalue weighted by Gasteiger charge is 2.63. The summed E-state index contributed by atoms with van der Waals surface area (Å²) in [5.41, 5.74) is 0.898. The van der Waals surface area contributed by atoms with Gasteiger partial charge in [0.25, 0.3) is 0 Å². The third-order valence-electron chi connectivity index (χ3n) is 4.29. The normalized spacial score (nSPS) is 38.7. The zero-order valence-electron chi connectivity index (χ0n) is 7.90. The van der Waals surface area contributed by atoms with Crippen LogP contribution in [0.2, 0.25) is 0 Å². The molecule has 2 saturated carbocycles. The molecule has 0 aromatic rings. The fourth-order valence-corrected chi connectivity index (χ4v) is 3.17. The van der Waals surface area contributed by atoms with E-state index in [0.717, 1.165) is 17.3 Å². The summed E-state index contributed by atoms with van der Waals surface area (Å²) in [5, 5.41) is 0. The van der Waals surface area contributed by atoms with E-state index in [9.17, 15) is 0 Å². The van der Waals surface area contributed by atoms with Crippen molar-refractivity contribution in [1.82, 2.24) is 0 Å². The monoisotopic (exact) mass is 152 g/mol. The van der Waals surface area contributed by atoms with Gasteiger partial charge in [-0.3, -0.25) is 0 Å². The quantitative estimate of drug-likeness (QED) is 0.579. The Bertz CT molecular complexity index is 144. The predicted octanol–water partition coefficient (Wildman–Crippen LogP) is 3.61. The molecule has 11 heavy (non-hydrogen) atoms. The molecular weight excluding hydrogens is 132 g/mol. The van der Waals surface area contributed by atoms with Gasteiger partial charge >= 0.3 is 0 Å². The number of hydrogen-bond acceptors (Lipinski definition) is 0. The minimum Gasteiger partial charge on any atom is -0.0654 e. The van der Waals surface area contributed by atoms with E-state index in [1.807, 2.05) is 0 Å². The van der Waals surface area contributed by atoms with Gasteiger partial charge in [0, 0.05) is 0 Å². The third kappa shape index (κ3) is 0.947. The summed E-state index contributed by atoms with van der Waals surface area (Å²) in [4.78, 5) is 0. The van der Waals surface area contributed by atoms with E-state index in [0.29, 0.717) is 0 Å². The Hall–Kier alpha value is 0. The van der Waals surface area contributed by atoms with Gasteiger partial charge < -0.3 is 0 Å². The van der Waals surface area contributed by atoms with Crippen LogP contribution in [-0.2, 0) is 0 Å². The van der Waals surface area contributed by atoms with E-state index < -0.39 is 0 Å². The lowest BCUT2D eigenvalue weighted by molar-refractivity contribution is 0.239. The first-order valence-corrected chi connectivity index (χ1v) is 5.31. The topological polar surface area (TPSA) is 0 Å². The summed E-state index contributed by atoms with van der Waals surface area (Å²) >= 11 is 0. The molecule has 2 rings (SSSR count). The summed E-state index contributed by atoms with van der Waals surface area (Å²) in [6.07, 6.45) is 9.02. The molecule has 0 nitrogen and oxygen atoms in total. The first kappa shape index (κ1) is 7.64. The van der Waals surface area contributed by atoms with E-state index in [4.69, 9.17) is 0 Å². The Morgan fingerprint density at radius 1 is 1.36 bits per heavy atom. The highest BCUT2D eigenvalue weighted by atomic mass is 14.7. The zero-order chi connectivity index (χ0) is 7.90. The summed E-state index contributed by atoms with van der Waals surface area (Å²) in [7, 11) is 0.